The van der Waals surface area contributed by atoms with Gasteiger partial charge in [0.1, 0.15) is 0 Å². The predicted octanol–water partition coefficient (Wildman–Crippen LogP) is 6.78. The quantitative estimate of drug-likeness (QED) is 0.310. The molecule has 0 aliphatic carbocycles. The van der Waals surface area contributed by atoms with E-state index >= 15 is 0 Å². The maximum Gasteiger partial charge on any atom is 0.381 e. The topological polar surface area (TPSA) is 0 Å². The molecule has 0 aromatic heterocycles. The van der Waals surface area contributed by atoms with Crippen LogP contribution in [0.1, 0.15) is 13.8 Å². The SMILES string of the molecule is CC(F)(F)C(F)(F)C(C)(F)C(F)(F)C(F)(F)C(F)(F)C(F)(F)C(F)C(F)(F)C(F)F. The molecule has 0 bridgehead atoms. The van der Waals surface area contributed by atoms with E-state index in [0.29, 0.717) is 0 Å². The van der Waals surface area contributed by atoms with Crippen molar-refractivity contribution in [1.29, 1.82) is 0 Å². The van der Waals surface area contributed by atoms with Crippen molar-refractivity contribution in [3.05, 3.63) is 0 Å². The van der Waals surface area contributed by atoms with E-state index in [1.165, 1.54) is 0 Å². The van der Waals surface area contributed by atoms with Crippen molar-refractivity contribution < 1.29 is 79.0 Å². The van der Waals surface area contributed by atoms with Crippen LogP contribution in [0.5, 0.6) is 0 Å². The third-order valence-corrected chi connectivity index (χ3v) is 3.89. The molecule has 2 unspecified atom stereocenters. The molecule has 0 rings (SSSR count). The molecule has 0 heterocycles. The van der Waals surface area contributed by atoms with Crippen LogP contribution < -0.4 is 0 Å². The van der Waals surface area contributed by atoms with Crippen molar-refractivity contribution in [2.75, 3.05) is 0 Å². The Morgan fingerprint density at radius 3 is 1.07 bits per heavy atom. The van der Waals surface area contributed by atoms with Crippen LogP contribution >= 0.6 is 0 Å². The van der Waals surface area contributed by atoms with Gasteiger partial charge in [0, 0.05) is 6.92 Å². The third kappa shape index (κ3) is 3.54. The molecule has 0 aromatic carbocycles. The number of alkyl halides is 18. The molecule has 0 saturated heterocycles. The van der Waals surface area contributed by atoms with Gasteiger partial charge in [-0.05, 0) is 6.92 Å². The van der Waals surface area contributed by atoms with Gasteiger partial charge in [-0.2, -0.15) is 52.7 Å². The maximum atomic E-state index is 13.7. The summed E-state index contributed by atoms with van der Waals surface area (Å²) in [4.78, 5) is 0. The van der Waals surface area contributed by atoms with Crippen LogP contribution in [0.3, 0.4) is 0 Å². The Morgan fingerprint density at radius 2 is 0.800 bits per heavy atom. The van der Waals surface area contributed by atoms with Crippen LogP contribution in [0.15, 0.2) is 0 Å². The molecule has 0 saturated carbocycles. The first-order chi connectivity index (χ1) is 12.6. The molecule has 0 spiro atoms. The number of hydrogen-bond acceptors (Lipinski definition) is 0. The summed E-state index contributed by atoms with van der Waals surface area (Å²) in [6, 6.07) is 0. The first-order valence-corrected chi connectivity index (χ1v) is 6.86. The summed E-state index contributed by atoms with van der Waals surface area (Å²) >= 11 is 0. The zero-order chi connectivity index (χ0) is 25.2. The zero-order valence-corrected chi connectivity index (χ0v) is 14.0. The van der Waals surface area contributed by atoms with Crippen molar-refractivity contribution in [3.8, 4) is 0 Å². The van der Waals surface area contributed by atoms with Gasteiger partial charge in [0.25, 0.3) is 0 Å². The fourth-order valence-corrected chi connectivity index (χ4v) is 1.82. The Balaban J connectivity index is 6.70. The summed E-state index contributed by atoms with van der Waals surface area (Å²) in [6.07, 6.45) is -11.9. The average Bonchev–Trinajstić information content (AvgIpc) is 2.51. The lowest BCUT2D eigenvalue weighted by Crippen LogP contribution is -2.74. The molecule has 0 fully saturated rings. The van der Waals surface area contributed by atoms with E-state index in [1.54, 1.807) is 0 Å². The van der Waals surface area contributed by atoms with E-state index in [2.05, 4.69) is 0 Å². The van der Waals surface area contributed by atoms with E-state index in [0.717, 1.165) is 0 Å². The first-order valence-electron chi connectivity index (χ1n) is 6.86. The second-order valence-electron chi connectivity index (χ2n) is 6.15. The Kier molecular flexibility index (Phi) is 6.83. The minimum absolute atomic E-state index is 1.06. The third-order valence-electron chi connectivity index (χ3n) is 3.89. The summed E-state index contributed by atoms with van der Waals surface area (Å²) < 4.78 is 234. The second kappa shape index (κ2) is 7.13. The molecule has 2 atom stereocenters. The number of hydrogen-bond donors (Lipinski definition) is 0. The van der Waals surface area contributed by atoms with Gasteiger partial charge >= 0.3 is 47.9 Å². The molecule has 30 heavy (non-hydrogen) atoms. The highest BCUT2D eigenvalue weighted by Crippen LogP contribution is 2.62. The Bertz CT molecular complexity index is 611. The van der Waals surface area contributed by atoms with Crippen LogP contribution in [-0.2, 0) is 0 Å². The minimum Gasteiger partial charge on any atom is -0.234 e. The van der Waals surface area contributed by atoms with E-state index in [-0.39, 0.29) is 0 Å². The van der Waals surface area contributed by atoms with Gasteiger partial charge in [-0.15, -0.1) is 0 Å². The van der Waals surface area contributed by atoms with Crippen molar-refractivity contribution in [3.63, 3.8) is 0 Å². The van der Waals surface area contributed by atoms with E-state index in [1.807, 2.05) is 0 Å². The van der Waals surface area contributed by atoms with Crippen molar-refractivity contribution in [2.24, 2.45) is 0 Å². The highest BCUT2D eigenvalue weighted by Gasteiger charge is 2.91. The smallest absolute Gasteiger partial charge is 0.234 e. The van der Waals surface area contributed by atoms with Crippen LogP contribution in [0.25, 0.3) is 0 Å². The number of halogens is 18. The van der Waals surface area contributed by atoms with Gasteiger partial charge in [0.2, 0.25) is 11.8 Å². The van der Waals surface area contributed by atoms with E-state index in [4.69, 9.17) is 0 Å². The lowest BCUT2D eigenvalue weighted by Gasteiger charge is -2.45. The fraction of sp³-hybridized carbons (Fsp3) is 1.00. The highest BCUT2D eigenvalue weighted by molar-refractivity contribution is 5.17. The monoisotopic (exact) mass is 494 g/mol. The standard InChI is InChI=1S/C12H8F18/c1-5(16,9(23,24)6(2,17)18)10(25,26)12(29,30)11(27,28)8(21,22)3(13)7(19,20)4(14)15/h3-4H,1-2H3. The second-order valence-corrected chi connectivity index (χ2v) is 6.15. The Labute approximate surface area is 154 Å². The van der Waals surface area contributed by atoms with E-state index < -0.39 is 73.6 Å². The molecule has 0 aromatic rings. The number of rotatable bonds is 9. The molecule has 18 heteroatoms. The first kappa shape index (κ1) is 28.7. The maximum absolute atomic E-state index is 13.7. The van der Waals surface area contributed by atoms with Gasteiger partial charge in [0.15, 0.2) is 0 Å². The summed E-state index contributed by atoms with van der Waals surface area (Å²) in [5.41, 5.74) is -6.79. The zero-order valence-electron chi connectivity index (χ0n) is 14.0. The van der Waals surface area contributed by atoms with Gasteiger partial charge < -0.3 is 0 Å². The predicted molar refractivity (Wildman–Crippen MR) is 60.7 cm³/mol. The molecule has 0 nitrogen and oxygen atoms in total. The molecule has 182 valence electrons. The largest absolute Gasteiger partial charge is 0.381 e. The van der Waals surface area contributed by atoms with Gasteiger partial charge in [-0.1, -0.05) is 0 Å². The Hall–Kier alpha value is -1.26. The Morgan fingerprint density at radius 1 is 0.467 bits per heavy atom. The van der Waals surface area contributed by atoms with Gasteiger partial charge in [-0.25, -0.2) is 26.3 Å². The minimum atomic E-state index is -8.30. The summed E-state index contributed by atoms with van der Waals surface area (Å²) in [6.45, 7) is -2.60. The lowest BCUT2D eigenvalue weighted by molar-refractivity contribution is -0.423. The van der Waals surface area contributed by atoms with Crippen LogP contribution in [0.2, 0.25) is 0 Å². The molecule has 0 radical (unpaired) electrons. The summed E-state index contributed by atoms with van der Waals surface area (Å²) in [5.74, 6) is -52.3. The van der Waals surface area contributed by atoms with Crippen LogP contribution in [0, 0.1) is 0 Å². The molecular formula is C12H8F18. The normalized spacial score (nSPS) is 19.1. The summed E-state index contributed by atoms with van der Waals surface area (Å²) in [5, 5.41) is 0. The molecule has 0 aliphatic heterocycles. The lowest BCUT2D eigenvalue weighted by atomic mass is 9.81. The van der Waals surface area contributed by atoms with Gasteiger partial charge in [0.05, 0.1) is 0 Å². The summed E-state index contributed by atoms with van der Waals surface area (Å²) in [7, 11) is 0. The van der Waals surface area contributed by atoms with Gasteiger partial charge in [-0.3, -0.25) is 0 Å². The molecule has 0 N–H and O–H groups in total. The van der Waals surface area contributed by atoms with Crippen LogP contribution in [-0.4, -0.2) is 59.7 Å². The van der Waals surface area contributed by atoms with Crippen molar-refractivity contribution in [1.82, 2.24) is 0 Å². The van der Waals surface area contributed by atoms with Crippen molar-refractivity contribution in [2.45, 2.75) is 73.6 Å². The fourth-order valence-electron chi connectivity index (χ4n) is 1.82. The molecule has 0 amide bonds. The van der Waals surface area contributed by atoms with Crippen molar-refractivity contribution >= 4 is 0 Å². The van der Waals surface area contributed by atoms with E-state index in [9.17, 15) is 79.0 Å². The molecular weight excluding hydrogens is 486 g/mol. The molecule has 0 aliphatic rings. The van der Waals surface area contributed by atoms with Crippen LogP contribution in [0.4, 0.5) is 79.0 Å². The average molecular weight is 494 g/mol. The highest BCUT2D eigenvalue weighted by atomic mass is 19.4.